The van der Waals surface area contributed by atoms with E-state index in [-0.39, 0.29) is 11.6 Å². The van der Waals surface area contributed by atoms with Gasteiger partial charge in [-0.1, -0.05) is 48.5 Å². The molecule has 3 rings (SSSR count). The molecular weight excluding hydrogens is 330 g/mol. The molecular formula is C20H19N3O3. The third-order valence-corrected chi connectivity index (χ3v) is 4.11. The number of anilines is 1. The van der Waals surface area contributed by atoms with Crippen LogP contribution in [0.4, 0.5) is 5.69 Å². The molecule has 6 nitrogen and oxygen atoms in total. The molecule has 1 N–H and O–H groups in total. The van der Waals surface area contributed by atoms with Crippen LogP contribution in [0.3, 0.4) is 0 Å². The summed E-state index contributed by atoms with van der Waals surface area (Å²) in [6, 6.07) is 19.6. The van der Waals surface area contributed by atoms with Gasteiger partial charge in [-0.15, -0.1) is 0 Å². The second-order valence-corrected chi connectivity index (χ2v) is 5.89. The summed E-state index contributed by atoms with van der Waals surface area (Å²) in [6.45, 7) is 1.87. The van der Waals surface area contributed by atoms with Crippen molar-refractivity contribution in [3.05, 3.63) is 84.2 Å². The highest BCUT2D eigenvalue weighted by atomic mass is 16.4. The summed E-state index contributed by atoms with van der Waals surface area (Å²) in [7, 11) is 0. The van der Waals surface area contributed by atoms with Crippen LogP contribution in [0.25, 0.3) is 0 Å². The Hall–Kier alpha value is -3.41. The molecule has 3 aromatic rings. The maximum atomic E-state index is 13.2. The minimum absolute atomic E-state index is 0.236. The maximum absolute atomic E-state index is 13.2. The molecule has 1 atom stereocenters. The third-order valence-electron chi connectivity index (χ3n) is 4.11. The summed E-state index contributed by atoms with van der Waals surface area (Å²) >= 11 is 0. The normalized spacial score (nSPS) is 11.7. The smallest absolute Gasteiger partial charge is 0.328 e. The van der Waals surface area contributed by atoms with Crippen LogP contribution in [0, 0.1) is 0 Å². The Balaban J connectivity index is 1.99. The van der Waals surface area contributed by atoms with Crippen LogP contribution in [0.15, 0.2) is 72.9 Å². The van der Waals surface area contributed by atoms with E-state index in [1.807, 2.05) is 60.7 Å². The second kappa shape index (κ2) is 7.65. The van der Waals surface area contributed by atoms with E-state index < -0.39 is 12.0 Å². The molecule has 132 valence electrons. The Morgan fingerprint density at radius 1 is 1.04 bits per heavy atom. The van der Waals surface area contributed by atoms with E-state index in [0.29, 0.717) is 6.54 Å². The lowest BCUT2D eigenvalue weighted by atomic mass is 10.1. The van der Waals surface area contributed by atoms with Gasteiger partial charge in [0.2, 0.25) is 0 Å². The molecule has 26 heavy (non-hydrogen) atoms. The molecule has 0 aliphatic heterocycles. The molecule has 0 saturated carbocycles. The fraction of sp³-hybridized carbons (Fsp3) is 0.150. The number of aliphatic carboxylic acids is 1. The van der Waals surface area contributed by atoms with E-state index in [9.17, 15) is 14.7 Å². The van der Waals surface area contributed by atoms with Crippen molar-refractivity contribution in [1.82, 2.24) is 9.78 Å². The van der Waals surface area contributed by atoms with Gasteiger partial charge in [-0.2, -0.15) is 5.10 Å². The molecule has 1 aromatic heterocycles. The standard InChI is InChI=1S/C20H19N3O3/c1-15(20(25)26)23-18(12-13-21-23)19(24)22(17-10-6-3-7-11-17)14-16-8-4-2-5-9-16/h2-13,15H,14H2,1H3,(H,25,26). The molecule has 0 saturated heterocycles. The summed E-state index contributed by atoms with van der Waals surface area (Å²) in [5, 5.41) is 13.3. The minimum atomic E-state index is -1.04. The number of nitrogens with zero attached hydrogens (tertiary/aromatic N) is 3. The van der Waals surface area contributed by atoms with Gasteiger partial charge in [0.15, 0.2) is 0 Å². The van der Waals surface area contributed by atoms with Crippen molar-refractivity contribution in [2.24, 2.45) is 0 Å². The fourth-order valence-electron chi connectivity index (χ4n) is 2.69. The summed E-state index contributed by atoms with van der Waals surface area (Å²) in [4.78, 5) is 26.2. The third kappa shape index (κ3) is 3.64. The van der Waals surface area contributed by atoms with Crippen molar-refractivity contribution in [2.75, 3.05) is 4.90 Å². The highest BCUT2D eigenvalue weighted by Gasteiger charge is 2.25. The molecule has 0 aliphatic carbocycles. The van der Waals surface area contributed by atoms with Gasteiger partial charge >= 0.3 is 5.97 Å². The number of carboxylic acids is 1. The summed E-state index contributed by atoms with van der Waals surface area (Å²) in [5.74, 6) is -1.34. The molecule has 0 aliphatic rings. The van der Waals surface area contributed by atoms with Crippen LogP contribution in [-0.4, -0.2) is 26.8 Å². The van der Waals surface area contributed by atoms with Crippen molar-refractivity contribution in [1.29, 1.82) is 0 Å². The molecule has 0 fully saturated rings. The van der Waals surface area contributed by atoms with Crippen molar-refractivity contribution in [3.63, 3.8) is 0 Å². The zero-order valence-electron chi connectivity index (χ0n) is 14.3. The van der Waals surface area contributed by atoms with Gasteiger partial charge in [0, 0.05) is 11.9 Å². The predicted molar refractivity (Wildman–Crippen MR) is 98.0 cm³/mol. The number of carbonyl (C=O) groups excluding carboxylic acids is 1. The van der Waals surface area contributed by atoms with Crippen molar-refractivity contribution in [3.8, 4) is 0 Å². The summed E-state index contributed by atoms with van der Waals surface area (Å²) in [5.41, 5.74) is 1.94. The Morgan fingerprint density at radius 3 is 2.27 bits per heavy atom. The van der Waals surface area contributed by atoms with E-state index in [0.717, 1.165) is 11.3 Å². The number of para-hydroxylation sites is 1. The number of benzene rings is 2. The van der Waals surface area contributed by atoms with Crippen LogP contribution in [-0.2, 0) is 11.3 Å². The average molecular weight is 349 g/mol. The van der Waals surface area contributed by atoms with Crippen LogP contribution >= 0.6 is 0 Å². The number of carbonyl (C=O) groups is 2. The fourth-order valence-corrected chi connectivity index (χ4v) is 2.69. The van der Waals surface area contributed by atoms with Crippen LogP contribution in [0.2, 0.25) is 0 Å². The first-order valence-electron chi connectivity index (χ1n) is 8.25. The molecule has 0 spiro atoms. The molecule has 1 heterocycles. The van der Waals surface area contributed by atoms with Gasteiger partial charge < -0.3 is 10.0 Å². The highest BCUT2D eigenvalue weighted by molar-refractivity contribution is 6.05. The van der Waals surface area contributed by atoms with Gasteiger partial charge in [-0.05, 0) is 30.7 Å². The van der Waals surface area contributed by atoms with Gasteiger partial charge in [0.05, 0.1) is 6.54 Å². The van der Waals surface area contributed by atoms with E-state index >= 15 is 0 Å². The van der Waals surface area contributed by atoms with Crippen molar-refractivity contribution >= 4 is 17.6 Å². The Bertz CT molecular complexity index is 891. The molecule has 1 unspecified atom stereocenters. The highest BCUT2D eigenvalue weighted by Crippen LogP contribution is 2.21. The number of aromatic nitrogens is 2. The Morgan fingerprint density at radius 2 is 1.65 bits per heavy atom. The lowest BCUT2D eigenvalue weighted by Gasteiger charge is -2.24. The average Bonchev–Trinajstić information content (AvgIpc) is 3.16. The van der Waals surface area contributed by atoms with Gasteiger partial charge in [-0.25, -0.2) is 9.48 Å². The predicted octanol–water partition coefficient (Wildman–Crippen LogP) is 3.38. The number of rotatable bonds is 6. The van der Waals surface area contributed by atoms with Gasteiger partial charge in [0.25, 0.3) is 5.91 Å². The quantitative estimate of drug-likeness (QED) is 0.740. The SMILES string of the molecule is CC(C(=O)O)n1nccc1C(=O)N(Cc1ccccc1)c1ccccc1. The number of amides is 1. The second-order valence-electron chi connectivity index (χ2n) is 5.89. The molecule has 0 bridgehead atoms. The zero-order valence-corrected chi connectivity index (χ0v) is 14.3. The van der Waals surface area contributed by atoms with E-state index in [4.69, 9.17) is 0 Å². The van der Waals surface area contributed by atoms with Crippen LogP contribution < -0.4 is 4.90 Å². The minimum Gasteiger partial charge on any atom is -0.480 e. The largest absolute Gasteiger partial charge is 0.480 e. The topological polar surface area (TPSA) is 75.4 Å². The van der Waals surface area contributed by atoms with E-state index in [2.05, 4.69) is 5.10 Å². The first kappa shape index (κ1) is 17.4. The first-order valence-corrected chi connectivity index (χ1v) is 8.25. The lowest BCUT2D eigenvalue weighted by molar-refractivity contribution is -0.140. The van der Waals surface area contributed by atoms with Crippen LogP contribution in [0.5, 0.6) is 0 Å². The number of hydrogen-bond acceptors (Lipinski definition) is 3. The summed E-state index contributed by atoms with van der Waals surface area (Å²) in [6.07, 6.45) is 1.44. The van der Waals surface area contributed by atoms with Gasteiger partial charge in [0.1, 0.15) is 11.7 Å². The Labute approximate surface area is 151 Å². The van der Waals surface area contributed by atoms with E-state index in [1.165, 1.54) is 17.8 Å². The van der Waals surface area contributed by atoms with Gasteiger partial charge in [-0.3, -0.25) is 4.79 Å². The summed E-state index contributed by atoms with van der Waals surface area (Å²) < 4.78 is 1.24. The lowest BCUT2D eigenvalue weighted by Crippen LogP contribution is -2.33. The molecule has 6 heteroatoms. The molecule has 1 amide bonds. The maximum Gasteiger partial charge on any atom is 0.328 e. The first-order chi connectivity index (χ1) is 12.6. The zero-order chi connectivity index (χ0) is 18.5. The Kier molecular flexibility index (Phi) is 5.12. The number of hydrogen-bond donors (Lipinski definition) is 1. The number of carboxylic acid groups (broad SMARTS) is 1. The molecule has 2 aromatic carbocycles. The van der Waals surface area contributed by atoms with Crippen molar-refractivity contribution in [2.45, 2.75) is 19.5 Å². The van der Waals surface area contributed by atoms with Crippen LogP contribution in [0.1, 0.15) is 29.0 Å². The van der Waals surface area contributed by atoms with Crippen molar-refractivity contribution < 1.29 is 14.7 Å². The van der Waals surface area contributed by atoms with E-state index in [1.54, 1.807) is 11.0 Å². The molecule has 0 radical (unpaired) electrons. The monoisotopic (exact) mass is 349 g/mol.